The quantitative estimate of drug-likeness (QED) is 0.761. The van der Waals surface area contributed by atoms with Crippen molar-refractivity contribution >= 4 is 11.6 Å². The molecule has 0 aliphatic heterocycles. The van der Waals surface area contributed by atoms with Gasteiger partial charge in [0, 0.05) is 5.02 Å². The predicted octanol–water partition coefficient (Wildman–Crippen LogP) is 3.85. The molecule has 0 radical (unpaired) electrons. The molecular weight excluding hydrogens is 253 g/mol. The highest BCUT2D eigenvalue weighted by Crippen LogP contribution is 2.31. The number of alkyl halides is 3. The van der Waals surface area contributed by atoms with E-state index in [1.807, 2.05) is 0 Å². The van der Waals surface area contributed by atoms with E-state index in [1.54, 1.807) is 19.1 Å². The van der Waals surface area contributed by atoms with Crippen LogP contribution >= 0.6 is 11.6 Å². The van der Waals surface area contributed by atoms with Crippen LogP contribution < -0.4 is 0 Å². The summed E-state index contributed by atoms with van der Waals surface area (Å²) in [5.74, 6) is 0. The van der Waals surface area contributed by atoms with Crippen LogP contribution in [0.5, 0.6) is 0 Å². The lowest BCUT2D eigenvalue weighted by molar-refractivity contribution is -0.142. The Morgan fingerprint density at radius 2 is 1.94 bits per heavy atom. The average Bonchev–Trinajstić information content (AvgIpc) is 2.70. The molecule has 0 saturated heterocycles. The molecule has 0 fully saturated rings. The minimum absolute atomic E-state index is 0.337. The van der Waals surface area contributed by atoms with E-state index >= 15 is 0 Å². The number of halogens is 4. The Balaban J connectivity index is 2.54. The molecule has 0 N–H and O–H groups in total. The van der Waals surface area contributed by atoms with Gasteiger partial charge in [-0.2, -0.15) is 18.3 Å². The first kappa shape index (κ1) is 12.0. The molecule has 0 unspecified atom stereocenters. The van der Waals surface area contributed by atoms with Crippen molar-refractivity contribution in [1.29, 1.82) is 0 Å². The Morgan fingerprint density at radius 3 is 2.53 bits per heavy atom. The number of nitrogens with zero attached hydrogens (tertiary/aromatic N) is 2. The molecule has 1 heterocycles. The summed E-state index contributed by atoms with van der Waals surface area (Å²) in [6, 6.07) is 5.54. The van der Waals surface area contributed by atoms with Crippen molar-refractivity contribution in [3.8, 4) is 5.69 Å². The number of hydrogen-bond acceptors (Lipinski definition) is 1. The molecule has 1 aromatic heterocycles. The largest absolute Gasteiger partial charge is 0.433 e. The van der Waals surface area contributed by atoms with Gasteiger partial charge >= 0.3 is 6.18 Å². The highest BCUT2D eigenvalue weighted by atomic mass is 35.5. The molecule has 2 nitrogen and oxygen atoms in total. The van der Waals surface area contributed by atoms with Crippen molar-refractivity contribution in [2.75, 3.05) is 0 Å². The van der Waals surface area contributed by atoms with E-state index in [9.17, 15) is 13.2 Å². The van der Waals surface area contributed by atoms with Crippen molar-refractivity contribution in [3.63, 3.8) is 0 Å². The van der Waals surface area contributed by atoms with Gasteiger partial charge in [0.25, 0.3) is 0 Å². The SMILES string of the molecule is Cc1cc(-n2nccc2C(F)(F)F)ccc1Cl. The number of rotatable bonds is 1. The maximum atomic E-state index is 12.7. The van der Waals surface area contributed by atoms with Gasteiger partial charge in [-0.15, -0.1) is 0 Å². The van der Waals surface area contributed by atoms with Crippen LogP contribution in [-0.4, -0.2) is 9.78 Å². The van der Waals surface area contributed by atoms with E-state index in [0.717, 1.165) is 16.9 Å². The summed E-state index contributed by atoms with van der Waals surface area (Å²) in [6.07, 6.45) is -3.31. The average molecular weight is 261 g/mol. The van der Waals surface area contributed by atoms with Crippen molar-refractivity contribution in [1.82, 2.24) is 9.78 Å². The summed E-state index contributed by atoms with van der Waals surface area (Å²) >= 11 is 5.82. The fourth-order valence-electron chi connectivity index (χ4n) is 1.48. The zero-order valence-electron chi connectivity index (χ0n) is 8.79. The third-order valence-corrected chi connectivity index (χ3v) is 2.74. The molecule has 6 heteroatoms. The van der Waals surface area contributed by atoms with Gasteiger partial charge in [0.2, 0.25) is 0 Å². The first-order valence-corrected chi connectivity index (χ1v) is 5.15. The van der Waals surface area contributed by atoms with Gasteiger partial charge in [0.05, 0.1) is 11.9 Å². The molecular formula is C11H8ClF3N2. The number of aryl methyl sites for hydroxylation is 1. The van der Waals surface area contributed by atoms with Crippen LogP contribution in [0.2, 0.25) is 5.02 Å². The van der Waals surface area contributed by atoms with Gasteiger partial charge in [-0.3, -0.25) is 0 Å². The lowest BCUT2D eigenvalue weighted by Gasteiger charge is -2.11. The monoisotopic (exact) mass is 260 g/mol. The molecule has 17 heavy (non-hydrogen) atoms. The summed E-state index contributed by atoms with van der Waals surface area (Å²) < 4.78 is 38.8. The zero-order valence-corrected chi connectivity index (χ0v) is 9.55. The van der Waals surface area contributed by atoms with Crippen LogP contribution in [0.4, 0.5) is 13.2 Å². The Labute approximate surface area is 101 Å². The fraction of sp³-hybridized carbons (Fsp3) is 0.182. The number of benzene rings is 1. The highest BCUT2D eigenvalue weighted by Gasteiger charge is 2.35. The Hall–Kier alpha value is -1.49. The summed E-state index contributed by atoms with van der Waals surface area (Å²) in [6.45, 7) is 1.72. The zero-order chi connectivity index (χ0) is 12.6. The van der Waals surface area contributed by atoms with E-state index in [1.165, 1.54) is 6.07 Å². The van der Waals surface area contributed by atoms with Gasteiger partial charge in [-0.25, -0.2) is 4.68 Å². The van der Waals surface area contributed by atoms with Gasteiger partial charge < -0.3 is 0 Å². The van der Waals surface area contributed by atoms with E-state index in [-0.39, 0.29) is 0 Å². The van der Waals surface area contributed by atoms with Crippen LogP contribution in [0.1, 0.15) is 11.3 Å². The standard InChI is InChI=1S/C11H8ClF3N2/c1-7-6-8(2-3-9(7)12)17-10(4-5-16-17)11(13,14)15/h2-6H,1H3. The van der Waals surface area contributed by atoms with Crippen LogP contribution in [0.15, 0.2) is 30.5 Å². The smallest absolute Gasteiger partial charge is 0.229 e. The van der Waals surface area contributed by atoms with Crippen LogP contribution in [0, 0.1) is 6.92 Å². The molecule has 0 amide bonds. The van der Waals surface area contributed by atoms with E-state index in [2.05, 4.69) is 5.10 Å². The highest BCUT2D eigenvalue weighted by molar-refractivity contribution is 6.31. The van der Waals surface area contributed by atoms with Gasteiger partial charge in [0.1, 0.15) is 5.69 Å². The molecule has 0 aliphatic carbocycles. The lowest BCUT2D eigenvalue weighted by Crippen LogP contribution is -2.13. The van der Waals surface area contributed by atoms with Crippen LogP contribution in [-0.2, 0) is 6.18 Å². The van der Waals surface area contributed by atoms with Crippen molar-refractivity contribution in [2.45, 2.75) is 13.1 Å². The second kappa shape index (κ2) is 4.07. The number of aromatic nitrogens is 2. The summed E-state index contributed by atoms with van der Waals surface area (Å²) in [4.78, 5) is 0. The van der Waals surface area contributed by atoms with Crippen molar-refractivity contribution in [2.24, 2.45) is 0 Å². The van der Waals surface area contributed by atoms with Gasteiger partial charge in [0.15, 0.2) is 0 Å². The minimum atomic E-state index is -4.43. The predicted molar refractivity (Wildman–Crippen MR) is 58.3 cm³/mol. The Kier molecular flexibility index (Phi) is 2.87. The maximum Gasteiger partial charge on any atom is 0.433 e. The molecule has 90 valence electrons. The van der Waals surface area contributed by atoms with Gasteiger partial charge in [-0.1, -0.05) is 11.6 Å². The molecule has 0 aliphatic rings. The third kappa shape index (κ3) is 2.29. The van der Waals surface area contributed by atoms with E-state index in [0.29, 0.717) is 16.3 Å². The first-order valence-electron chi connectivity index (χ1n) is 4.77. The van der Waals surface area contributed by atoms with Crippen molar-refractivity contribution in [3.05, 3.63) is 46.7 Å². The van der Waals surface area contributed by atoms with Gasteiger partial charge in [-0.05, 0) is 36.8 Å². The molecule has 0 bridgehead atoms. The number of hydrogen-bond donors (Lipinski definition) is 0. The second-order valence-corrected chi connectivity index (χ2v) is 3.97. The van der Waals surface area contributed by atoms with E-state index in [4.69, 9.17) is 11.6 Å². The summed E-state index contributed by atoms with van der Waals surface area (Å²) in [5.41, 5.74) is 0.233. The van der Waals surface area contributed by atoms with Crippen molar-refractivity contribution < 1.29 is 13.2 Å². The first-order chi connectivity index (χ1) is 7.89. The Morgan fingerprint density at radius 1 is 1.24 bits per heavy atom. The molecule has 0 atom stereocenters. The Bertz CT molecular complexity index is 546. The normalized spacial score (nSPS) is 11.8. The van der Waals surface area contributed by atoms with E-state index < -0.39 is 11.9 Å². The lowest BCUT2D eigenvalue weighted by atomic mass is 10.2. The minimum Gasteiger partial charge on any atom is -0.229 e. The van der Waals surface area contributed by atoms with Crippen LogP contribution in [0.25, 0.3) is 5.69 Å². The molecule has 0 spiro atoms. The molecule has 2 aromatic rings. The fourth-order valence-corrected chi connectivity index (χ4v) is 1.60. The summed E-state index contributed by atoms with van der Waals surface area (Å²) in [7, 11) is 0. The molecule has 1 aromatic carbocycles. The second-order valence-electron chi connectivity index (χ2n) is 3.56. The molecule has 2 rings (SSSR count). The summed E-state index contributed by atoms with van der Waals surface area (Å²) in [5, 5.41) is 4.19. The topological polar surface area (TPSA) is 17.8 Å². The maximum absolute atomic E-state index is 12.7. The molecule has 0 saturated carbocycles. The third-order valence-electron chi connectivity index (χ3n) is 2.32. The van der Waals surface area contributed by atoms with Crippen LogP contribution in [0.3, 0.4) is 0 Å².